The van der Waals surface area contributed by atoms with Crippen molar-refractivity contribution in [2.24, 2.45) is 7.05 Å². The maximum atomic E-state index is 6.18. The highest BCUT2D eigenvalue weighted by Gasteiger charge is 2.14. The minimum Gasteiger partial charge on any atom is -0.488 e. The number of unbranched alkanes of at least 4 members (excludes halogenated alkanes) is 16. The van der Waals surface area contributed by atoms with Gasteiger partial charge in [0.2, 0.25) is 6.33 Å². The molecule has 0 fully saturated rings. The molecule has 228 valence electrons. The summed E-state index contributed by atoms with van der Waals surface area (Å²) in [6.07, 6.45) is 32.5. The van der Waals surface area contributed by atoms with Crippen LogP contribution in [-0.2, 0) is 20.0 Å². The van der Waals surface area contributed by atoms with Crippen LogP contribution in [0.2, 0.25) is 0 Å². The minimum atomic E-state index is 0.804. The molecule has 0 aliphatic heterocycles. The fraction of sp³-hybridized carbons (Fsp3) is 0.750. The van der Waals surface area contributed by atoms with Gasteiger partial charge in [0.25, 0.3) is 0 Å². The summed E-state index contributed by atoms with van der Waals surface area (Å²) in [7, 11) is 6.80. The second-order valence-corrected chi connectivity index (χ2v) is 13.0. The smallest absolute Gasteiger partial charge is 0.243 e. The summed E-state index contributed by atoms with van der Waals surface area (Å²) in [4.78, 5) is 0. The lowest BCUT2D eigenvalue weighted by Crippen LogP contribution is -2.43. The lowest BCUT2D eigenvalue weighted by Gasteiger charge is -2.29. The zero-order valence-electron chi connectivity index (χ0n) is 27.1. The lowest BCUT2D eigenvalue weighted by molar-refractivity contribution is -0.890. The van der Waals surface area contributed by atoms with Gasteiger partial charge in [0.1, 0.15) is 31.3 Å². The fourth-order valence-electron chi connectivity index (χ4n) is 5.66. The quantitative estimate of drug-likeness (QED) is 0.0643. The van der Waals surface area contributed by atoms with Gasteiger partial charge >= 0.3 is 0 Å². The molecule has 0 N–H and O–H groups in total. The van der Waals surface area contributed by atoms with E-state index in [0.29, 0.717) is 0 Å². The van der Waals surface area contributed by atoms with Gasteiger partial charge in [0.15, 0.2) is 0 Å². The molecule has 2 aromatic rings. The van der Waals surface area contributed by atoms with Gasteiger partial charge in [-0.3, -0.25) is 0 Å². The Balaban J connectivity index is 1.44. The second-order valence-electron chi connectivity index (χ2n) is 13.0. The largest absolute Gasteiger partial charge is 0.488 e. The number of hydrogen-bond donors (Lipinski definition) is 0. The van der Waals surface area contributed by atoms with Crippen LogP contribution in [0.1, 0.15) is 128 Å². The third kappa shape index (κ3) is 17.8. The summed E-state index contributed by atoms with van der Waals surface area (Å²) in [5.74, 6) is 1.05. The maximum absolute atomic E-state index is 6.18. The molecule has 0 saturated carbocycles. The average molecular weight is 556 g/mol. The van der Waals surface area contributed by atoms with Gasteiger partial charge in [-0.05, 0) is 56.2 Å². The molecule has 0 spiro atoms. The van der Waals surface area contributed by atoms with Crippen LogP contribution in [0.5, 0.6) is 5.75 Å². The van der Waals surface area contributed by atoms with Crippen molar-refractivity contribution in [1.82, 2.24) is 4.57 Å². The fourth-order valence-corrected chi connectivity index (χ4v) is 5.66. The van der Waals surface area contributed by atoms with Gasteiger partial charge < -0.3 is 9.22 Å². The molecule has 4 heteroatoms. The third-order valence-corrected chi connectivity index (χ3v) is 8.44. The number of imidazole rings is 1. The molecule has 0 unspecified atom stereocenters. The van der Waals surface area contributed by atoms with Crippen molar-refractivity contribution in [3.8, 4) is 5.75 Å². The predicted molar refractivity (Wildman–Crippen MR) is 172 cm³/mol. The highest BCUT2D eigenvalue weighted by atomic mass is 16.5. The average Bonchev–Trinajstić information content (AvgIpc) is 3.35. The lowest BCUT2D eigenvalue weighted by atomic mass is 10.0. The van der Waals surface area contributed by atoms with E-state index in [0.717, 1.165) is 29.9 Å². The number of quaternary nitrogens is 1. The van der Waals surface area contributed by atoms with Crippen LogP contribution in [0.4, 0.5) is 0 Å². The molecule has 0 saturated heterocycles. The molecule has 1 aromatic carbocycles. The highest BCUT2D eigenvalue weighted by Crippen LogP contribution is 2.17. The molecule has 0 aliphatic carbocycles. The molecule has 0 radical (unpaired) electrons. The topological polar surface area (TPSA) is 18.0 Å². The number of rotatable bonds is 26. The minimum absolute atomic E-state index is 0.804. The molecule has 4 nitrogen and oxygen atoms in total. The molecule has 40 heavy (non-hydrogen) atoms. The molecule has 1 aromatic heterocycles. The monoisotopic (exact) mass is 556 g/mol. The first-order chi connectivity index (χ1) is 19.5. The summed E-state index contributed by atoms with van der Waals surface area (Å²) >= 11 is 0. The van der Waals surface area contributed by atoms with Crippen LogP contribution >= 0.6 is 0 Å². The third-order valence-electron chi connectivity index (χ3n) is 8.44. The molecule has 0 atom stereocenters. The normalized spacial score (nSPS) is 11.8. The van der Waals surface area contributed by atoms with Crippen LogP contribution in [0.15, 0.2) is 43.0 Å². The molecule has 2 rings (SSSR count). The summed E-state index contributed by atoms with van der Waals surface area (Å²) in [5, 5.41) is 0. The van der Waals surface area contributed by atoms with Crippen molar-refractivity contribution in [3.05, 3.63) is 48.5 Å². The Morgan fingerprint density at radius 2 is 1.32 bits per heavy atom. The summed E-state index contributed by atoms with van der Waals surface area (Å²) < 4.78 is 11.7. The SMILES string of the molecule is CCCCCCCCCCCC[N+](C)(C)CCOc1cccc(CCCCCCCCCCn2cc[n+](C)c2)c1. The maximum Gasteiger partial charge on any atom is 0.243 e. The van der Waals surface area contributed by atoms with Crippen molar-refractivity contribution >= 4 is 0 Å². The van der Waals surface area contributed by atoms with Crippen molar-refractivity contribution in [2.45, 2.75) is 135 Å². The Morgan fingerprint density at radius 3 is 1.95 bits per heavy atom. The first-order valence-corrected chi connectivity index (χ1v) is 17.0. The molecule has 0 amide bonds. The molecular weight excluding hydrogens is 490 g/mol. The number of ether oxygens (including phenoxy) is 1. The standard InChI is InChI=1S/C36H65N3O/c1-5-6-7-8-9-10-13-16-19-22-30-39(3,4)31-32-40-36-26-23-25-35(33-36)24-20-17-14-11-12-15-18-21-27-38-29-28-37(2)34-38/h23,25-26,28-29,33-34H,5-22,24,27,30-32H2,1-4H3/q+2. The summed E-state index contributed by atoms with van der Waals surface area (Å²) in [6, 6.07) is 8.83. The van der Waals surface area contributed by atoms with Gasteiger partial charge in [-0.2, -0.15) is 0 Å². The van der Waals surface area contributed by atoms with Gasteiger partial charge in [0.05, 0.1) is 34.2 Å². The number of aromatic nitrogens is 2. The Labute approximate surface area is 248 Å². The van der Waals surface area contributed by atoms with Crippen LogP contribution in [0, 0.1) is 0 Å². The van der Waals surface area contributed by atoms with Crippen molar-refractivity contribution in [1.29, 1.82) is 0 Å². The Hall–Kier alpha value is -1.81. The second kappa shape index (κ2) is 21.9. The zero-order valence-corrected chi connectivity index (χ0v) is 27.1. The Morgan fingerprint density at radius 1 is 0.725 bits per heavy atom. The zero-order chi connectivity index (χ0) is 28.7. The summed E-state index contributed by atoms with van der Waals surface area (Å²) in [6.45, 7) is 6.58. The number of hydrogen-bond acceptors (Lipinski definition) is 1. The number of aryl methyl sites for hydroxylation is 3. The van der Waals surface area contributed by atoms with E-state index >= 15 is 0 Å². The van der Waals surface area contributed by atoms with E-state index in [2.05, 4.69) is 80.2 Å². The van der Waals surface area contributed by atoms with Gasteiger partial charge in [-0.25, -0.2) is 9.13 Å². The summed E-state index contributed by atoms with van der Waals surface area (Å²) in [5.41, 5.74) is 1.43. The van der Waals surface area contributed by atoms with Crippen LogP contribution in [0.3, 0.4) is 0 Å². The molecular formula is C36H65N3O+2. The molecule has 0 aliphatic rings. The highest BCUT2D eigenvalue weighted by molar-refractivity contribution is 5.28. The molecule has 0 bridgehead atoms. The van der Waals surface area contributed by atoms with Crippen molar-refractivity contribution < 1.29 is 13.8 Å². The van der Waals surface area contributed by atoms with E-state index in [9.17, 15) is 0 Å². The number of nitrogens with zero attached hydrogens (tertiary/aromatic N) is 3. The number of benzene rings is 1. The molecule has 1 heterocycles. The van der Waals surface area contributed by atoms with E-state index in [1.807, 2.05) is 0 Å². The van der Waals surface area contributed by atoms with E-state index < -0.39 is 0 Å². The predicted octanol–water partition coefficient (Wildman–Crippen LogP) is 9.05. The van der Waals surface area contributed by atoms with Crippen molar-refractivity contribution in [2.75, 3.05) is 33.8 Å². The van der Waals surface area contributed by atoms with Crippen molar-refractivity contribution in [3.63, 3.8) is 0 Å². The van der Waals surface area contributed by atoms with E-state index in [1.165, 1.54) is 134 Å². The van der Waals surface area contributed by atoms with Crippen LogP contribution in [-0.4, -0.2) is 42.8 Å². The van der Waals surface area contributed by atoms with Gasteiger partial charge in [0, 0.05) is 0 Å². The van der Waals surface area contributed by atoms with Gasteiger partial charge in [-0.1, -0.05) is 103 Å². The Kier molecular flexibility index (Phi) is 18.8. The van der Waals surface area contributed by atoms with E-state index in [1.54, 1.807) is 0 Å². The Bertz CT molecular complexity index is 859. The van der Waals surface area contributed by atoms with Crippen LogP contribution in [0.25, 0.3) is 0 Å². The first kappa shape index (κ1) is 34.4. The first-order valence-electron chi connectivity index (χ1n) is 17.0. The van der Waals surface area contributed by atoms with E-state index in [4.69, 9.17) is 4.74 Å². The van der Waals surface area contributed by atoms with Crippen LogP contribution < -0.4 is 9.30 Å². The van der Waals surface area contributed by atoms with Gasteiger partial charge in [-0.15, -0.1) is 0 Å². The van der Waals surface area contributed by atoms with E-state index in [-0.39, 0.29) is 0 Å². The number of likely N-dealkylation sites (N-methyl/N-ethyl adjacent to an activating group) is 1.